The Balaban J connectivity index is 0.00000400. The fourth-order valence-electron chi connectivity index (χ4n) is 2.02. The van der Waals surface area contributed by atoms with Gasteiger partial charge in [-0.05, 0) is 18.6 Å². The van der Waals surface area contributed by atoms with Crippen molar-refractivity contribution in [1.82, 2.24) is 0 Å². The van der Waals surface area contributed by atoms with E-state index in [-0.39, 0.29) is 40.2 Å². The summed E-state index contributed by atoms with van der Waals surface area (Å²) in [6.07, 6.45) is 8.22. The molecule has 115 valence electrons. The summed E-state index contributed by atoms with van der Waals surface area (Å²) in [7, 11) is -4.22. The first kappa shape index (κ1) is 20.9. The molecule has 1 aromatic rings. The smallest absolute Gasteiger partial charge is 0.298 e. The number of benzene rings is 1. The summed E-state index contributed by atoms with van der Waals surface area (Å²) in [4.78, 5) is -0.164. The van der Waals surface area contributed by atoms with Crippen LogP contribution in [0.25, 0.3) is 0 Å². The summed E-state index contributed by atoms with van der Waals surface area (Å²) >= 11 is 0. The molecule has 0 atom stereocenters. The molecule has 0 saturated carbocycles. The van der Waals surface area contributed by atoms with Gasteiger partial charge >= 0.3 is 0 Å². The molecule has 0 heterocycles. The molecule has 0 aromatic heterocycles. The second kappa shape index (κ2) is 11.5. The van der Waals surface area contributed by atoms with Crippen LogP contribution in [0.15, 0.2) is 29.2 Å². The first-order chi connectivity index (χ1) is 9.55. The minimum absolute atomic E-state index is 0. The number of rotatable bonds is 10. The quantitative estimate of drug-likeness (QED) is 0.405. The standard InChI is InChI=1S/C15H24O4S.Na/c1-2-3-4-5-6-7-10-13-19-14-11-8-9-12-15(14)20(16,17)18;/h8-9,11-12H,2-7,10,13H2,1H3,(H,16,17,18);. The van der Waals surface area contributed by atoms with E-state index < -0.39 is 10.1 Å². The van der Waals surface area contributed by atoms with Crippen LogP contribution < -0.4 is 4.74 Å². The first-order valence-electron chi connectivity index (χ1n) is 7.25. The Kier molecular flexibility index (Phi) is 11.5. The summed E-state index contributed by atoms with van der Waals surface area (Å²) in [5.74, 6) is 0.223. The fourth-order valence-corrected chi connectivity index (χ4v) is 2.66. The molecule has 4 nitrogen and oxygen atoms in total. The van der Waals surface area contributed by atoms with E-state index in [1.54, 1.807) is 18.2 Å². The van der Waals surface area contributed by atoms with Crippen molar-refractivity contribution in [2.45, 2.75) is 56.8 Å². The van der Waals surface area contributed by atoms with Crippen LogP contribution in [0.1, 0.15) is 51.9 Å². The van der Waals surface area contributed by atoms with Gasteiger partial charge in [-0.15, -0.1) is 0 Å². The third kappa shape index (κ3) is 8.83. The van der Waals surface area contributed by atoms with E-state index in [9.17, 15) is 8.42 Å². The number of hydrogen-bond acceptors (Lipinski definition) is 3. The van der Waals surface area contributed by atoms with E-state index >= 15 is 0 Å². The molecule has 0 aliphatic rings. The molecule has 0 amide bonds. The number of hydrogen-bond donors (Lipinski definition) is 1. The molecular weight excluding hydrogens is 299 g/mol. The van der Waals surface area contributed by atoms with Crippen molar-refractivity contribution in [1.29, 1.82) is 0 Å². The van der Waals surface area contributed by atoms with Crippen molar-refractivity contribution < 1.29 is 17.7 Å². The van der Waals surface area contributed by atoms with Gasteiger partial charge in [0, 0.05) is 29.6 Å². The number of ether oxygens (including phenoxy) is 1. The van der Waals surface area contributed by atoms with Gasteiger partial charge in [0.1, 0.15) is 10.6 Å². The zero-order valence-corrected chi connectivity index (χ0v) is 15.9. The van der Waals surface area contributed by atoms with Crippen molar-refractivity contribution in [2.75, 3.05) is 6.61 Å². The first-order valence-corrected chi connectivity index (χ1v) is 8.69. The van der Waals surface area contributed by atoms with Gasteiger partial charge in [-0.3, -0.25) is 4.55 Å². The largest absolute Gasteiger partial charge is 0.492 e. The van der Waals surface area contributed by atoms with Crippen LogP contribution >= 0.6 is 0 Å². The maximum absolute atomic E-state index is 11.2. The Morgan fingerprint density at radius 3 is 2.19 bits per heavy atom. The molecule has 21 heavy (non-hydrogen) atoms. The summed E-state index contributed by atoms with van der Waals surface area (Å²) in [6.45, 7) is 2.67. The van der Waals surface area contributed by atoms with Crippen LogP contribution in [0.3, 0.4) is 0 Å². The van der Waals surface area contributed by atoms with Gasteiger partial charge in [0.15, 0.2) is 0 Å². The molecule has 0 fully saturated rings. The number of unbranched alkanes of at least 4 members (excludes halogenated alkanes) is 6. The molecule has 0 aliphatic heterocycles. The second-order valence-corrected chi connectivity index (χ2v) is 6.28. The molecule has 0 saturated heterocycles. The molecule has 0 bridgehead atoms. The van der Waals surface area contributed by atoms with E-state index in [1.807, 2.05) is 0 Å². The molecule has 6 heteroatoms. The molecular formula is C15H24NaO4S. The predicted octanol–water partition coefficient (Wildman–Crippen LogP) is 3.68. The minimum Gasteiger partial charge on any atom is -0.492 e. The zero-order valence-electron chi connectivity index (χ0n) is 13.0. The second-order valence-electron chi connectivity index (χ2n) is 4.89. The van der Waals surface area contributed by atoms with Gasteiger partial charge in [-0.25, -0.2) is 0 Å². The van der Waals surface area contributed by atoms with E-state index in [0.29, 0.717) is 6.61 Å². The van der Waals surface area contributed by atoms with E-state index in [1.165, 1.54) is 38.2 Å². The minimum atomic E-state index is -4.22. The van der Waals surface area contributed by atoms with Crippen LogP contribution in [0.2, 0.25) is 0 Å². The molecule has 1 N–H and O–H groups in total. The molecule has 0 spiro atoms. The van der Waals surface area contributed by atoms with Gasteiger partial charge in [0.25, 0.3) is 10.1 Å². The summed E-state index contributed by atoms with van der Waals surface area (Å²) in [5, 5.41) is 0. The molecule has 0 aliphatic carbocycles. The third-order valence-corrected chi connectivity index (χ3v) is 4.03. The Morgan fingerprint density at radius 2 is 1.57 bits per heavy atom. The number of para-hydroxylation sites is 1. The fraction of sp³-hybridized carbons (Fsp3) is 0.600. The van der Waals surface area contributed by atoms with Crippen LogP contribution in [0.5, 0.6) is 5.75 Å². The van der Waals surface area contributed by atoms with Crippen LogP contribution in [0, 0.1) is 0 Å². The van der Waals surface area contributed by atoms with Crippen LogP contribution in [-0.2, 0) is 10.1 Å². The van der Waals surface area contributed by atoms with Gasteiger partial charge in [0.05, 0.1) is 6.61 Å². The topological polar surface area (TPSA) is 63.6 Å². The van der Waals surface area contributed by atoms with Crippen molar-refractivity contribution in [3.63, 3.8) is 0 Å². The Hall–Kier alpha value is -0.0700. The van der Waals surface area contributed by atoms with E-state index in [2.05, 4.69) is 6.92 Å². The van der Waals surface area contributed by atoms with Crippen molar-refractivity contribution in [2.24, 2.45) is 0 Å². The van der Waals surface area contributed by atoms with Crippen LogP contribution in [-0.4, -0.2) is 49.1 Å². The summed E-state index contributed by atoms with van der Waals surface area (Å²) in [5.41, 5.74) is 0. The zero-order chi connectivity index (χ0) is 14.8. The molecule has 1 rings (SSSR count). The van der Waals surface area contributed by atoms with Crippen molar-refractivity contribution in [3.8, 4) is 5.75 Å². The maximum atomic E-state index is 11.2. The van der Waals surface area contributed by atoms with E-state index in [0.717, 1.165) is 12.8 Å². The SMILES string of the molecule is CCCCCCCCCOc1ccccc1S(=O)(=O)O.[Na]. The summed E-state index contributed by atoms with van der Waals surface area (Å²) < 4.78 is 36.9. The maximum Gasteiger partial charge on any atom is 0.298 e. The van der Waals surface area contributed by atoms with Crippen molar-refractivity contribution >= 4 is 39.7 Å². The van der Waals surface area contributed by atoms with Crippen LogP contribution in [0.4, 0.5) is 0 Å². The van der Waals surface area contributed by atoms with Crippen molar-refractivity contribution in [3.05, 3.63) is 24.3 Å². The molecule has 1 aromatic carbocycles. The predicted molar refractivity (Wildman–Crippen MR) is 85.5 cm³/mol. The van der Waals surface area contributed by atoms with Gasteiger partial charge in [0.2, 0.25) is 0 Å². The summed E-state index contributed by atoms with van der Waals surface area (Å²) in [6, 6.07) is 6.15. The van der Waals surface area contributed by atoms with Gasteiger partial charge < -0.3 is 4.74 Å². The Morgan fingerprint density at radius 1 is 1.00 bits per heavy atom. The normalized spacial score (nSPS) is 11.0. The monoisotopic (exact) mass is 323 g/mol. The van der Waals surface area contributed by atoms with E-state index in [4.69, 9.17) is 9.29 Å². The Bertz CT molecular complexity index is 488. The average Bonchev–Trinajstić information content (AvgIpc) is 2.41. The van der Waals surface area contributed by atoms with Gasteiger partial charge in [-0.1, -0.05) is 57.6 Å². The third-order valence-electron chi connectivity index (χ3n) is 3.13. The molecule has 0 unspecified atom stereocenters. The molecule has 1 radical (unpaired) electrons. The average molecular weight is 323 g/mol. The van der Waals surface area contributed by atoms with Gasteiger partial charge in [-0.2, -0.15) is 8.42 Å². The Labute approximate surface area is 150 Å².